The summed E-state index contributed by atoms with van der Waals surface area (Å²) in [5.74, 6) is -2.64. The van der Waals surface area contributed by atoms with Gasteiger partial charge in [-0.2, -0.15) is 0 Å². The second kappa shape index (κ2) is 13.8. The van der Waals surface area contributed by atoms with E-state index >= 15 is 0 Å². The van der Waals surface area contributed by atoms with E-state index in [2.05, 4.69) is 4.90 Å². The summed E-state index contributed by atoms with van der Waals surface area (Å²) in [5.41, 5.74) is -3.52. The normalized spacial score (nSPS) is 25.7. The van der Waals surface area contributed by atoms with Crippen molar-refractivity contribution in [3.05, 3.63) is 35.1 Å². The van der Waals surface area contributed by atoms with Gasteiger partial charge in [-0.15, -0.1) is 0 Å². The van der Waals surface area contributed by atoms with Gasteiger partial charge in [0.1, 0.15) is 22.6 Å². The van der Waals surface area contributed by atoms with E-state index in [1.54, 1.807) is 74.5 Å². The molecule has 6 atom stereocenters. The SMILES string of the molecule is C[C@H](OC(=O)[C@H](CC(=O)OC(C)(C)C)OC(=O)OC(C)(C)C)C(=O)OC1=CC[C@@]2(O)[C@@H]3Cc4ccc(OC(=O)OC(C)(C)C)c5c4[C@@]2(CCN3C)[C@H]1O5. The van der Waals surface area contributed by atoms with Crippen LogP contribution in [0.4, 0.5) is 9.59 Å². The summed E-state index contributed by atoms with van der Waals surface area (Å²) in [6, 6.07) is 3.17. The number of benzene rings is 1. The third-order valence-electron chi connectivity index (χ3n) is 9.43. The number of aliphatic hydroxyl groups is 1. The van der Waals surface area contributed by atoms with Crippen LogP contribution >= 0.6 is 0 Å². The number of likely N-dealkylation sites (N-methyl/N-ethyl adjacent to an activating group) is 1. The van der Waals surface area contributed by atoms with Crippen LogP contribution in [0.3, 0.4) is 0 Å². The minimum Gasteiger partial charge on any atom is -0.477 e. The fraction of sp³-hybridized carbons (Fsp3) is 0.658. The Labute approximate surface area is 309 Å². The minimum atomic E-state index is -1.80. The van der Waals surface area contributed by atoms with Gasteiger partial charge >= 0.3 is 30.2 Å². The van der Waals surface area contributed by atoms with Crippen molar-refractivity contribution < 1.29 is 67.0 Å². The Morgan fingerprint density at radius 3 is 2.13 bits per heavy atom. The highest BCUT2D eigenvalue weighted by molar-refractivity contribution is 5.86. The number of esters is 3. The third kappa shape index (κ3) is 8.10. The number of rotatable bonds is 8. The Bertz CT molecular complexity index is 1670. The molecule has 53 heavy (non-hydrogen) atoms. The van der Waals surface area contributed by atoms with Gasteiger partial charge in [0, 0.05) is 18.0 Å². The molecule has 2 aliphatic heterocycles. The van der Waals surface area contributed by atoms with Crippen LogP contribution in [0.15, 0.2) is 24.0 Å². The molecule has 5 rings (SSSR count). The first-order chi connectivity index (χ1) is 24.3. The first-order valence-electron chi connectivity index (χ1n) is 17.7. The van der Waals surface area contributed by atoms with Gasteiger partial charge in [-0.05, 0) is 113 Å². The smallest absolute Gasteiger partial charge is 0.477 e. The maximum absolute atomic E-state index is 13.6. The molecule has 1 N–H and O–H groups in total. The van der Waals surface area contributed by atoms with E-state index in [-0.39, 0.29) is 29.7 Å². The van der Waals surface area contributed by atoms with E-state index in [1.165, 1.54) is 6.92 Å². The number of nitrogens with zero attached hydrogens (tertiary/aromatic N) is 1. The average molecular weight is 746 g/mol. The number of hydrogen-bond acceptors (Lipinski definition) is 15. The van der Waals surface area contributed by atoms with Crippen molar-refractivity contribution in [1.82, 2.24) is 4.90 Å². The molecule has 1 aromatic carbocycles. The largest absolute Gasteiger partial charge is 0.514 e. The van der Waals surface area contributed by atoms with E-state index in [0.29, 0.717) is 24.9 Å². The summed E-state index contributed by atoms with van der Waals surface area (Å²) < 4.78 is 44.4. The van der Waals surface area contributed by atoms with Crippen LogP contribution in [0.5, 0.6) is 11.5 Å². The molecule has 2 aliphatic carbocycles. The van der Waals surface area contributed by atoms with Crippen molar-refractivity contribution in [3.63, 3.8) is 0 Å². The summed E-state index contributed by atoms with van der Waals surface area (Å²) >= 11 is 0. The molecule has 0 unspecified atom stereocenters. The zero-order chi connectivity index (χ0) is 39.5. The van der Waals surface area contributed by atoms with Gasteiger partial charge < -0.3 is 47.9 Å². The third-order valence-corrected chi connectivity index (χ3v) is 9.43. The predicted octanol–water partition coefficient (Wildman–Crippen LogP) is 4.81. The number of hydrogen-bond donors (Lipinski definition) is 1. The fourth-order valence-electron chi connectivity index (χ4n) is 7.46. The highest BCUT2D eigenvalue weighted by Crippen LogP contribution is 2.65. The van der Waals surface area contributed by atoms with E-state index in [0.717, 1.165) is 5.56 Å². The van der Waals surface area contributed by atoms with Crippen LogP contribution in [-0.2, 0) is 54.6 Å². The zero-order valence-corrected chi connectivity index (χ0v) is 32.3. The zero-order valence-electron chi connectivity index (χ0n) is 32.3. The molecule has 0 amide bonds. The van der Waals surface area contributed by atoms with Crippen LogP contribution in [0.2, 0.25) is 0 Å². The Morgan fingerprint density at radius 1 is 0.887 bits per heavy atom. The monoisotopic (exact) mass is 745 g/mol. The quantitative estimate of drug-likeness (QED) is 0.217. The molecule has 4 aliphatic rings. The molecule has 15 heteroatoms. The molecule has 2 heterocycles. The molecule has 0 aromatic heterocycles. The number of piperidine rings is 1. The van der Waals surface area contributed by atoms with Gasteiger partial charge in [-0.1, -0.05) is 6.07 Å². The molecule has 1 saturated heterocycles. The van der Waals surface area contributed by atoms with Crippen molar-refractivity contribution in [2.24, 2.45) is 0 Å². The molecule has 2 bridgehead atoms. The molecule has 0 saturated carbocycles. The standard InChI is InChI=1S/C38H51NO14/c1-20(46-31(42)24(19-26(40)51-34(2,3)4)49-33(44)53-36(8,9)10)30(41)47-23-14-15-38(45)25-18-21-12-13-22(48-32(43)52-35(5,6)7)28-27(21)37(38,29(23)50-28)16-17-39(25)11/h12-14,20,24-25,29,45H,15-19H2,1-11H3/t20-,24-,25-,29-,37-,38+/m0/s1. The van der Waals surface area contributed by atoms with Crippen LogP contribution in [0.25, 0.3) is 0 Å². The Kier molecular flexibility index (Phi) is 10.4. The van der Waals surface area contributed by atoms with Gasteiger partial charge in [0.05, 0.1) is 17.4 Å². The van der Waals surface area contributed by atoms with Crippen LogP contribution in [0, 0.1) is 0 Å². The number of likely N-dealkylation sites (tertiary alicyclic amines) is 1. The van der Waals surface area contributed by atoms with Crippen molar-refractivity contribution in [3.8, 4) is 11.5 Å². The summed E-state index contributed by atoms with van der Waals surface area (Å²) in [6.45, 7) is 16.7. The van der Waals surface area contributed by atoms with Crippen LogP contribution in [0.1, 0.15) is 99.6 Å². The lowest BCUT2D eigenvalue weighted by molar-refractivity contribution is -0.180. The lowest BCUT2D eigenvalue weighted by atomic mass is 9.50. The first-order valence-corrected chi connectivity index (χ1v) is 17.7. The van der Waals surface area contributed by atoms with Gasteiger partial charge in [0.2, 0.25) is 6.10 Å². The van der Waals surface area contributed by atoms with E-state index in [1.807, 2.05) is 13.1 Å². The van der Waals surface area contributed by atoms with Crippen molar-refractivity contribution in [2.75, 3.05) is 13.6 Å². The summed E-state index contributed by atoms with van der Waals surface area (Å²) in [6.07, 6.45) is -4.61. The molecule has 292 valence electrons. The molecular formula is C38H51NO14. The lowest BCUT2D eigenvalue weighted by Gasteiger charge is -2.61. The van der Waals surface area contributed by atoms with Crippen molar-refractivity contribution >= 4 is 30.2 Å². The minimum absolute atomic E-state index is 0.0773. The average Bonchev–Trinajstić information content (AvgIpc) is 3.34. The second-order valence-electron chi connectivity index (χ2n) is 17.0. The highest BCUT2D eigenvalue weighted by atomic mass is 16.7. The van der Waals surface area contributed by atoms with Crippen LogP contribution in [-0.4, -0.2) is 101 Å². The van der Waals surface area contributed by atoms with Crippen molar-refractivity contribution in [1.29, 1.82) is 0 Å². The van der Waals surface area contributed by atoms with Gasteiger partial charge in [0.25, 0.3) is 0 Å². The molecular weight excluding hydrogens is 694 g/mol. The fourth-order valence-corrected chi connectivity index (χ4v) is 7.46. The molecule has 1 spiro atoms. The Morgan fingerprint density at radius 2 is 1.51 bits per heavy atom. The first kappa shape index (κ1) is 39.8. The number of ether oxygens (including phenoxy) is 8. The molecule has 0 radical (unpaired) electrons. The molecule has 1 aromatic rings. The second-order valence-corrected chi connectivity index (χ2v) is 17.0. The predicted molar refractivity (Wildman–Crippen MR) is 185 cm³/mol. The number of carbonyl (C=O) groups is 5. The van der Waals surface area contributed by atoms with E-state index < -0.39 is 82.8 Å². The highest BCUT2D eigenvalue weighted by Gasteiger charge is 2.72. The number of carbonyl (C=O) groups excluding carboxylic acids is 5. The molecule has 1 fully saturated rings. The maximum atomic E-state index is 13.6. The summed E-state index contributed by atoms with van der Waals surface area (Å²) in [7, 11) is 1.95. The summed E-state index contributed by atoms with van der Waals surface area (Å²) in [4.78, 5) is 66.8. The Hall–Kier alpha value is -4.37. The van der Waals surface area contributed by atoms with Crippen LogP contribution < -0.4 is 9.47 Å². The van der Waals surface area contributed by atoms with Gasteiger partial charge in [0.15, 0.2) is 23.7 Å². The molecule has 15 nitrogen and oxygen atoms in total. The van der Waals surface area contributed by atoms with E-state index in [4.69, 9.17) is 37.9 Å². The van der Waals surface area contributed by atoms with Gasteiger partial charge in [-0.3, -0.25) is 4.79 Å². The maximum Gasteiger partial charge on any atom is 0.514 e. The Balaban J connectivity index is 1.38. The van der Waals surface area contributed by atoms with E-state index in [9.17, 15) is 29.1 Å². The van der Waals surface area contributed by atoms with Gasteiger partial charge in [-0.25, -0.2) is 19.2 Å². The topological polar surface area (TPSA) is 183 Å². The summed E-state index contributed by atoms with van der Waals surface area (Å²) in [5, 5.41) is 12.5. The van der Waals surface area contributed by atoms with Crippen molar-refractivity contribution in [2.45, 2.75) is 147 Å². The lowest BCUT2D eigenvalue weighted by Crippen LogP contribution is -2.74.